The minimum Gasteiger partial charge on any atom is -0.270 e. The summed E-state index contributed by atoms with van der Waals surface area (Å²) in [5, 5.41) is 7.09. The molecule has 0 aromatic carbocycles. The Labute approximate surface area is 136 Å². The molecule has 120 valence electrons. The molecule has 0 saturated heterocycles. The zero-order valence-corrected chi connectivity index (χ0v) is 13.8. The largest absolute Gasteiger partial charge is 0.343 e. The number of hydrogen-bond donors (Lipinski definition) is 1. The maximum absolute atomic E-state index is 12.2. The second-order valence-electron chi connectivity index (χ2n) is 5.27. The fourth-order valence-corrected chi connectivity index (χ4v) is 3.17. The van der Waals surface area contributed by atoms with Gasteiger partial charge in [-0.2, -0.15) is 0 Å². The third-order valence-electron chi connectivity index (χ3n) is 3.38. The molecule has 7 nitrogen and oxygen atoms in total. The van der Waals surface area contributed by atoms with Crippen LogP contribution in [0.25, 0.3) is 5.65 Å². The summed E-state index contributed by atoms with van der Waals surface area (Å²) < 4.78 is 3.13. The summed E-state index contributed by atoms with van der Waals surface area (Å²) in [5.74, 6) is 0.480. The van der Waals surface area contributed by atoms with Crippen LogP contribution in [-0.2, 0) is 12.3 Å². The first-order valence-electron chi connectivity index (χ1n) is 7.35. The first kappa shape index (κ1) is 15.5. The predicted octanol–water partition coefficient (Wildman–Crippen LogP) is 1.59. The number of fused-ring (bicyclic) bond motifs is 1. The molecule has 0 aliphatic carbocycles. The molecule has 8 heteroatoms. The number of rotatable bonds is 5. The van der Waals surface area contributed by atoms with Crippen molar-refractivity contribution in [1.82, 2.24) is 24.1 Å². The summed E-state index contributed by atoms with van der Waals surface area (Å²) >= 11 is 1.39. The van der Waals surface area contributed by atoms with Crippen LogP contribution in [0.1, 0.15) is 24.6 Å². The number of aromatic nitrogens is 5. The van der Waals surface area contributed by atoms with E-state index in [0.29, 0.717) is 28.8 Å². The van der Waals surface area contributed by atoms with Crippen LogP contribution in [0, 0.1) is 6.92 Å². The summed E-state index contributed by atoms with van der Waals surface area (Å²) in [6.07, 6.45) is 2.62. The minimum absolute atomic E-state index is 0.109. The van der Waals surface area contributed by atoms with E-state index in [2.05, 4.69) is 15.2 Å². The Bertz CT molecular complexity index is 956. The third-order valence-corrected chi connectivity index (χ3v) is 4.39. The number of aryl methyl sites for hydroxylation is 1. The average molecular weight is 331 g/mol. The second kappa shape index (κ2) is 6.41. The van der Waals surface area contributed by atoms with Crippen LogP contribution in [0.3, 0.4) is 0 Å². The maximum atomic E-state index is 12.2. The van der Waals surface area contributed by atoms with E-state index >= 15 is 0 Å². The van der Waals surface area contributed by atoms with Gasteiger partial charge in [-0.3, -0.25) is 13.8 Å². The molecule has 0 amide bonds. The summed E-state index contributed by atoms with van der Waals surface area (Å²) in [6, 6.07) is 5.27. The van der Waals surface area contributed by atoms with E-state index in [-0.39, 0.29) is 11.2 Å². The number of thioether (sulfide) groups is 1. The molecular weight excluding hydrogens is 314 g/mol. The van der Waals surface area contributed by atoms with E-state index < -0.39 is 0 Å². The molecular formula is C15H17N5O2S. The molecule has 3 aromatic rings. The molecule has 3 aromatic heterocycles. The highest BCUT2D eigenvalue weighted by molar-refractivity contribution is 7.98. The molecule has 1 N–H and O–H groups in total. The van der Waals surface area contributed by atoms with Crippen LogP contribution in [0.15, 0.2) is 39.1 Å². The molecule has 0 saturated carbocycles. The quantitative estimate of drug-likeness (QED) is 0.718. The van der Waals surface area contributed by atoms with Crippen molar-refractivity contribution in [1.29, 1.82) is 0 Å². The Morgan fingerprint density at radius 1 is 1.30 bits per heavy atom. The monoisotopic (exact) mass is 331 g/mol. The molecule has 0 unspecified atom stereocenters. The van der Waals surface area contributed by atoms with Gasteiger partial charge in [0.15, 0.2) is 5.16 Å². The van der Waals surface area contributed by atoms with Gasteiger partial charge in [0, 0.05) is 24.6 Å². The van der Waals surface area contributed by atoms with Crippen molar-refractivity contribution < 1.29 is 0 Å². The van der Waals surface area contributed by atoms with Gasteiger partial charge in [0.1, 0.15) is 5.65 Å². The number of pyridine rings is 1. The first-order chi connectivity index (χ1) is 11.1. The molecule has 0 fully saturated rings. The van der Waals surface area contributed by atoms with E-state index in [1.807, 2.05) is 26.0 Å². The van der Waals surface area contributed by atoms with Gasteiger partial charge in [-0.15, -0.1) is 5.10 Å². The number of H-pyrrole nitrogens is 1. The highest BCUT2D eigenvalue weighted by Crippen LogP contribution is 2.18. The number of hydrogen-bond acceptors (Lipinski definition) is 5. The number of nitrogens with zero attached hydrogens (tertiary/aromatic N) is 4. The van der Waals surface area contributed by atoms with Crippen molar-refractivity contribution in [2.45, 2.75) is 37.7 Å². The van der Waals surface area contributed by atoms with Crippen LogP contribution >= 0.6 is 11.8 Å². The van der Waals surface area contributed by atoms with Crippen LogP contribution in [0.5, 0.6) is 0 Å². The third kappa shape index (κ3) is 3.21. The van der Waals surface area contributed by atoms with Gasteiger partial charge in [-0.1, -0.05) is 24.8 Å². The van der Waals surface area contributed by atoms with Crippen molar-refractivity contribution in [2.24, 2.45) is 0 Å². The van der Waals surface area contributed by atoms with E-state index in [9.17, 15) is 9.59 Å². The Morgan fingerprint density at radius 2 is 2.13 bits per heavy atom. The highest BCUT2D eigenvalue weighted by Gasteiger charge is 2.10. The maximum Gasteiger partial charge on any atom is 0.343 e. The molecule has 0 aliphatic rings. The van der Waals surface area contributed by atoms with Crippen LogP contribution in [0.2, 0.25) is 0 Å². The van der Waals surface area contributed by atoms with Crippen molar-refractivity contribution in [3.63, 3.8) is 0 Å². The Kier molecular flexibility index (Phi) is 4.33. The topological polar surface area (TPSA) is 85.0 Å². The lowest BCUT2D eigenvalue weighted by molar-refractivity contribution is 0.603. The Hall–Kier alpha value is -2.35. The van der Waals surface area contributed by atoms with Crippen molar-refractivity contribution in [2.75, 3.05) is 0 Å². The molecule has 3 rings (SSSR count). The smallest absolute Gasteiger partial charge is 0.270 e. The second-order valence-corrected chi connectivity index (χ2v) is 6.21. The van der Waals surface area contributed by atoms with Crippen molar-refractivity contribution >= 4 is 17.4 Å². The minimum atomic E-state index is -0.212. The lowest BCUT2D eigenvalue weighted by Crippen LogP contribution is -2.17. The SMILES string of the molecule is CCCn1c(SCc2cc(=O)n3cc(C)ccc3n2)n[nH]c1=O. The molecule has 0 atom stereocenters. The fraction of sp³-hybridized carbons (Fsp3) is 0.333. The van der Waals surface area contributed by atoms with E-state index in [4.69, 9.17) is 0 Å². The fourth-order valence-electron chi connectivity index (χ4n) is 2.30. The summed E-state index contributed by atoms with van der Waals surface area (Å²) in [7, 11) is 0. The highest BCUT2D eigenvalue weighted by atomic mass is 32.2. The van der Waals surface area contributed by atoms with Crippen molar-refractivity contribution in [3.05, 3.63) is 56.5 Å². The summed E-state index contributed by atoms with van der Waals surface area (Å²) in [6.45, 7) is 4.55. The normalized spacial score (nSPS) is 11.2. The van der Waals surface area contributed by atoms with E-state index in [0.717, 1.165) is 12.0 Å². The van der Waals surface area contributed by atoms with Gasteiger partial charge in [-0.05, 0) is 25.0 Å². The predicted molar refractivity (Wildman–Crippen MR) is 88.9 cm³/mol. The zero-order chi connectivity index (χ0) is 16.4. The first-order valence-corrected chi connectivity index (χ1v) is 8.34. The lowest BCUT2D eigenvalue weighted by Gasteiger charge is -2.05. The van der Waals surface area contributed by atoms with Crippen LogP contribution < -0.4 is 11.2 Å². The van der Waals surface area contributed by atoms with Gasteiger partial charge in [0.2, 0.25) is 0 Å². The Balaban J connectivity index is 1.87. The standard InChI is InChI=1S/C15H17N5O2S/c1-3-6-19-14(22)17-18-15(19)23-9-11-7-13(21)20-8-10(2)4-5-12(20)16-11/h4-5,7-8H,3,6,9H2,1-2H3,(H,17,22). The van der Waals surface area contributed by atoms with Gasteiger partial charge < -0.3 is 0 Å². The molecule has 0 aliphatic heterocycles. The van der Waals surface area contributed by atoms with Gasteiger partial charge in [0.05, 0.1) is 5.69 Å². The summed E-state index contributed by atoms with van der Waals surface area (Å²) in [5.41, 5.74) is 1.97. The zero-order valence-electron chi connectivity index (χ0n) is 12.9. The number of nitrogens with one attached hydrogen (secondary N) is 1. The van der Waals surface area contributed by atoms with Gasteiger partial charge in [-0.25, -0.2) is 14.9 Å². The van der Waals surface area contributed by atoms with E-state index in [1.165, 1.54) is 22.2 Å². The van der Waals surface area contributed by atoms with Crippen LogP contribution in [0.4, 0.5) is 0 Å². The molecule has 3 heterocycles. The van der Waals surface area contributed by atoms with Gasteiger partial charge >= 0.3 is 5.69 Å². The number of aromatic amines is 1. The molecule has 0 radical (unpaired) electrons. The average Bonchev–Trinajstić information content (AvgIpc) is 2.87. The Morgan fingerprint density at radius 3 is 2.91 bits per heavy atom. The van der Waals surface area contributed by atoms with Crippen molar-refractivity contribution in [3.8, 4) is 0 Å². The summed E-state index contributed by atoms with van der Waals surface area (Å²) in [4.78, 5) is 28.3. The molecule has 0 bridgehead atoms. The molecule has 23 heavy (non-hydrogen) atoms. The van der Waals surface area contributed by atoms with Gasteiger partial charge in [0.25, 0.3) is 5.56 Å². The van der Waals surface area contributed by atoms with E-state index in [1.54, 1.807) is 10.8 Å². The lowest BCUT2D eigenvalue weighted by atomic mass is 10.3. The van der Waals surface area contributed by atoms with Crippen LogP contribution in [-0.4, -0.2) is 24.1 Å². The molecule has 0 spiro atoms.